The molecule has 0 saturated carbocycles. The van der Waals surface area contributed by atoms with Crippen LogP contribution in [0.2, 0.25) is 0 Å². The number of hydrogen-bond donors (Lipinski definition) is 1. The summed E-state index contributed by atoms with van der Waals surface area (Å²) in [5.74, 6) is -1.73. The average molecular weight is 252 g/mol. The number of hydrogen-bond acceptors (Lipinski definition) is 3. The van der Waals surface area contributed by atoms with E-state index in [1.165, 1.54) is 6.07 Å². The van der Waals surface area contributed by atoms with Gasteiger partial charge >= 0.3 is 0 Å². The normalized spacial score (nSPS) is 20.1. The van der Waals surface area contributed by atoms with Gasteiger partial charge in [-0.3, -0.25) is 19.9 Å². The highest BCUT2D eigenvalue weighted by Crippen LogP contribution is 2.26. The molecule has 1 saturated heterocycles. The third-order valence-electron chi connectivity index (χ3n) is 3.13. The van der Waals surface area contributed by atoms with Gasteiger partial charge in [-0.2, -0.15) is 0 Å². The molecule has 4 nitrogen and oxygen atoms in total. The number of amides is 2. The maximum absolute atomic E-state index is 13.9. The van der Waals surface area contributed by atoms with E-state index in [0.29, 0.717) is 6.42 Å². The van der Waals surface area contributed by atoms with Gasteiger partial charge in [0.1, 0.15) is 5.82 Å². The molecule has 1 aromatic heterocycles. The Bertz CT molecular complexity index is 505. The van der Waals surface area contributed by atoms with Crippen molar-refractivity contribution in [3.8, 4) is 0 Å². The van der Waals surface area contributed by atoms with E-state index in [-0.39, 0.29) is 25.4 Å². The van der Waals surface area contributed by atoms with Crippen LogP contribution in [0.15, 0.2) is 12.3 Å². The number of imide groups is 1. The zero-order valence-corrected chi connectivity index (χ0v) is 10.4. The van der Waals surface area contributed by atoms with Gasteiger partial charge in [-0.15, -0.1) is 0 Å². The minimum Gasteiger partial charge on any atom is -0.296 e. The second kappa shape index (κ2) is 4.84. The number of carbonyl (C=O) groups excluding carboxylic acids is 2. The summed E-state index contributed by atoms with van der Waals surface area (Å²) in [6.07, 6.45) is 2.13. The van der Waals surface area contributed by atoms with Crippen molar-refractivity contribution in [2.75, 3.05) is 0 Å². The lowest BCUT2D eigenvalue weighted by Gasteiger charge is -2.21. The molecule has 0 aliphatic carbocycles. The highest BCUT2D eigenvalue weighted by molar-refractivity contribution is 6.00. The monoisotopic (exact) mass is 252 g/mol. The molecule has 1 atom stereocenters. The SMILES string of the molecule is CC(C)c1cnc(C2CCC(=O)NC2=O)c(F)c1.[HH]. The molecule has 2 heterocycles. The molecule has 1 fully saturated rings. The van der Waals surface area contributed by atoms with Crippen molar-refractivity contribution in [2.24, 2.45) is 0 Å². The Balaban J connectivity index is 0.00000180. The molecule has 2 rings (SSSR count). The van der Waals surface area contributed by atoms with Crippen molar-refractivity contribution < 1.29 is 15.4 Å². The molecule has 2 amide bonds. The Morgan fingerprint density at radius 3 is 2.78 bits per heavy atom. The van der Waals surface area contributed by atoms with Crippen LogP contribution >= 0.6 is 0 Å². The fourth-order valence-electron chi connectivity index (χ4n) is 1.99. The first-order valence-corrected chi connectivity index (χ1v) is 5.98. The lowest BCUT2D eigenvalue weighted by molar-refractivity contribution is -0.134. The van der Waals surface area contributed by atoms with Gasteiger partial charge in [0.05, 0.1) is 11.6 Å². The van der Waals surface area contributed by atoms with Crippen LogP contribution in [0.3, 0.4) is 0 Å². The number of halogens is 1. The number of nitrogens with zero attached hydrogens (tertiary/aromatic N) is 1. The van der Waals surface area contributed by atoms with Crippen LogP contribution in [0, 0.1) is 5.82 Å². The molecular formula is C13H17FN2O2. The lowest BCUT2D eigenvalue weighted by Crippen LogP contribution is -2.40. The van der Waals surface area contributed by atoms with Crippen molar-refractivity contribution in [2.45, 2.75) is 38.5 Å². The summed E-state index contributed by atoms with van der Waals surface area (Å²) in [4.78, 5) is 26.7. The maximum Gasteiger partial charge on any atom is 0.235 e. The summed E-state index contributed by atoms with van der Waals surface area (Å²) in [7, 11) is 0. The largest absolute Gasteiger partial charge is 0.296 e. The van der Waals surface area contributed by atoms with E-state index in [1.54, 1.807) is 6.20 Å². The summed E-state index contributed by atoms with van der Waals surface area (Å²) in [5.41, 5.74) is 0.924. The van der Waals surface area contributed by atoms with Crippen LogP contribution in [0.1, 0.15) is 51.2 Å². The minimum atomic E-state index is -0.663. The zero-order chi connectivity index (χ0) is 13.3. The molecule has 0 aromatic carbocycles. The predicted molar refractivity (Wildman–Crippen MR) is 65.5 cm³/mol. The van der Waals surface area contributed by atoms with Gasteiger partial charge in [-0.1, -0.05) is 13.8 Å². The molecular weight excluding hydrogens is 235 g/mol. The van der Waals surface area contributed by atoms with E-state index < -0.39 is 17.6 Å². The molecule has 5 heteroatoms. The van der Waals surface area contributed by atoms with Gasteiger partial charge in [0.2, 0.25) is 11.8 Å². The first kappa shape index (κ1) is 12.7. The molecule has 0 bridgehead atoms. The Kier molecular flexibility index (Phi) is 3.41. The minimum absolute atomic E-state index is 0. The molecule has 1 aromatic rings. The van der Waals surface area contributed by atoms with Crippen LogP contribution in [0.4, 0.5) is 4.39 Å². The molecule has 1 unspecified atom stereocenters. The standard InChI is InChI=1S/C13H15FN2O2.H2/c1-7(2)8-5-10(14)12(15-6-8)9-3-4-11(17)16-13(9)18;/h5-7,9H,3-4H2,1-2H3,(H,16,17,18);1H. The van der Waals surface area contributed by atoms with Gasteiger partial charge in [0.15, 0.2) is 0 Å². The second-order valence-corrected chi connectivity index (χ2v) is 4.79. The Hall–Kier alpha value is -1.78. The summed E-state index contributed by atoms with van der Waals surface area (Å²) in [6.45, 7) is 3.89. The number of pyridine rings is 1. The number of carbonyl (C=O) groups is 2. The first-order valence-electron chi connectivity index (χ1n) is 5.98. The van der Waals surface area contributed by atoms with Crippen molar-refractivity contribution in [3.63, 3.8) is 0 Å². The van der Waals surface area contributed by atoms with Gasteiger partial charge in [0.25, 0.3) is 0 Å². The fourth-order valence-corrected chi connectivity index (χ4v) is 1.99. The fraction of sp³-hybridized carbons (Fsp3) is 0.462. The van der Waals surface area contributed by atoms with E-state index in [2.05, 4.69) is 10.3 Å². The van der Waals surface area contributed by atoms with Gasteiger partial charge in [-0.05, 0) is 24.0 Å². The van der Waals surface area contributed by atoms with Crippen molar-refractivity contribution in [1.82, 2.24) is 10.3 Å². The van der Waals surface area contributed by atoms with Crippen LogP contribution in [0.25, 0.3) is 0 Å². The summed E-state index contributed by atoms with van der Waals surface area (Å²) < 4.78 is 13.9. The second-order valence-electron chi connectivity index (χ2n) is 4.79. The van der Waals surface area contributed by atoms with Gasteiger partial charge in [-0.25, -0.2) is 4.39 Å². The van der Waals surface area contributed by atoms with Crippen molar-refractivity contribution in [1.29, 1.82) is 0 Å². The molecule has 0 spiro atoms. The summed E-state index contributed by atoms with van der Waals surface area (Å²) in [6, 6.07) is 1.41. The van der Waals surface area contributed by atoms with E-state index in [4.69, 9.17) is 0 Å². The number of aromatic nitrogens is 1. The number of piperidine rings is 1. The Morgan fingerprint density at radius 1 is 1.50 bits per heavy atom. The van der Waals surface area contributed by atoms with Crippen LogP contribution < -0.4 is 5.32 Å². The van der Waals surface area contributed by atoms with E-state index in [9.17, 15) is 14.0 Å². The highest BCUT2D eigenvalue weighted by Gasteiger charge is 2.31. The van der Waals surface area contributed by atoms with Crippen LogP contribution in [-0.4, -0.2) is 16.8 Å². The van der Waals surface area contributed by atoms with Crippen molar-refractivity contribution >= 4 is 11.8 Å². The molecule has 0 radical (unpaired) electrons. The van der Waals surface area contributed by atoms with E-state index in [0.717, 1.165) is 5.56 Å². The first-order chi connectivity index (χ1) is 8.49. The highest BCUT2D eigenvalue weighted by atomic mass is 19.1. The van der Waals surface area contributed by atoms with E-state index in [1.807, 2.05) is 13.8 Å². The maximum atomic E-state index is 13.9. The number of rotatable bonds is 2. The zero-order valence-electron chi connectivity index (χ0n) is 10.4. The molecule has 18 heavy (non-hydrogen) atoms. The summed E-state index contributed by atoms with van der Waals surface area (Å²) in [5, 5.41) is 2.21. The summed E-state index contributed by atoms with van der Waals surface area (Å²) >= 11 is 0. The Labute approximate surface area is 106 Å². The molecule has 1 aliphatic heterocycles. The van der Waals surface area contributed by atoms with Crippen molar-refractivity contribution in [3.05, 3.63) is 29.3 Å². The third-order valence-corrected chi connectivity index (χ3v) is 3.13. The Morgan fingerprint density at radius 2 is 2.22 bits per heavy atom. The van der Waals surface area contributed by atoms with Gasteiger partial charge < -0.3 is 0 Å². The average Bonchev–Trinajstić information content (AvgIpc) is 2.30. The molecule has 98 valence electrons. The smallest absolute Gasteiger partial charge is 0.235 e. The topological polar surface area (TPSA) is 59.1 Å². The van der Waals surface area contributed by atoms with Crippen LogP contribution in [0.5, 0.6) is 0 Å². The molecule has 1 N–H and O–H groups in total. The lowest BCUT2D eigenvalue weighted by atomic mass is 9.93. The molecule has 1 aliphatic rings. The quantitative estimate of drug-likeness (QED) is 0.820. The van der Waals surface area contributed by atoms with Crippen LogP contribution in [-0.2, 0) is 9.59 Å². The van der Waals surface area contributed by atoms with Gasteiger partial charge in [0, 0.05) is 14.0 Å². The predicted octanol–water partition coefficient (Wildman–Crippen LogP) is 2.11. The number of nitrogens with one attached hydrogen (secondary N) is 1. The third kappa shape index (κ3) is 2.39. The van der Waals surface area contributed by atoms with E-state index >= 15 is 0 Å².